The van der Waals surface area contributed by atoms with E-state index in [-0.39, 0.29) is 11.7 Å². The van der Waals surface area contributed by atoms with E-state index in [1.54, 1.807) is 46.8 Å². The highest BCUT2D eigenvalue weighted by Crippen LogP contribution is 2.23. The number of imidazole rings is 1. The maximum absolute atomic E-state index is 13.2. The van der Waals surface area contributed by atoms with E-state index >= 15 is 0 Å². The maximum atomic E-state index is 13.2. The van der Waals surface area contributed by atoms with Crippen LogP contribution >= 0.6 is 0 Å². The molecule has 4 aromatic rings. The van der Waals surface area contributed by atoms with E-state index < -0.39 is 0 Å². The third kappa shape index (κ3) is 4.05. The van der Waals surface area contributed by atoms with Gasteiger partial charge in [-0.15, -0.1) is 5.10 Å². The van der Waals surface area contributed by atoms with Gasteiger partial charge in [0, 0.05) is 44.2 Å². The molecule has 3 aromatic heterocycles. The number of carbonyl (C=O) groups is 1. The van der Waals surface area contributed by atoms with E-state index in [4.69, 9.17) is 4.74 Å². The van der Waals surface area contributed by atoms with Crippen molar-refractivity contribution in [3.8, 4) is 17.1 Å². The fourth-order valence-corrected chi connectivity index (χ4v) is 3.97. The van der Waals surface area contributed by atoms with E-state index in [0.717, 1.165) is 24.1 Å². The number of rotatable bonds is 5. The van der Waals surface area contributed by atoms with E-state index in [1.165, 1.54) is 12.1 Å². The average Bonchev–Trinajstić information content (AvgIpc) is 3.44. The van der Waals surface area contributed by atoms with Crippen LogP contribution in [0.4, 0.5) is 4.39 Å². The Balaban J connectivity index is 1.18. The average molecular weight is 434 g/mol. The number of aromatic nitrogens is 5. The number of amides is 1. The van der Waals surface area contributed by atoms with Crippen molar-refractivity contribution in [2.24, 2.45) is 13.0 Å². The number of aryl methyl sites for hydroxylation is 1. The first-order valence-corrected chi connectivity index (χ1v) is 10.6. The lowest BCUT2D eigenvalue weighted by Crippen LogP contribution is -2.40. The van der Waals surface area contributed by atoms with Gasteiger partial charge in [0.25, 0.3) is 5.91 Å². The Bertz CT molecular complexity index is 1240. The van der Waals surface area contributed by atoms with Crippen LogP contribution in [0.1, 0.15) is 23.3 Å². The van der Waals surface area contributed by atoms with Crippen molar-refractivity contribution in [1.29, 1.82) is 0 Å². The normalized spacial score (nSPS) is 14.8. The molecule has 9 heteroatoms. The highest BCUT2D eigenvalue weighted by atomic mass is 19.1. The second-order valence-corrected chi connectivity index (χ2v) is 7.99. The third-order valence-electron chi connectivity index (χ3n) is 5.84. The van der Waals surface area contributed by atoms with E-state index in [0.29, 0.717) is 42.9 Å². The zero-order valence-corrected chi connectivity index (χ0v) is 17.7. The van der Waals surface area contributed by atoms with Gasteiger partial charge in [-0.2, -0.15) is 5.10 Å². The molecule has 0 aliphatic carbocycles. The molecule has 0 spiro atoms. The summed E-state index contributed by atoms with van der Waals surface area (Å²) < 4.78 is 22.3. The topological polar surface area (TPSA) is 77.5 Å². The molecule has 0 radical (unpaired) electrons. The molecule has 1 aliphatic rings. The van der Waals surface area contributed by atoms with Crippen molar-refractivity contribution in [1.82, 2.24) is 29.3 Å². The van der Waals surface area contributed by atoms with Gasteiger partial charge in [-0.05, 0) is 55.2 Å². The van der Waals surface area contributed by atoms with Crippen LogP contribution in [0.5, 0.6) is 5.88 Å². The summed E-state index contributed by atoms with van der Waals surface area (Å²) in [5, 5.41) is 8.82. The molecule has 1 aliphatic heterocycles. The molecule has 164 valence electrons. The number of hydrogen-bond donors (Lipinski definition) is 0. The number of nitrogens with zero attached hydrogens (tertiary/aromatic N) is 6. The Hall–Kier alpha value is -3.75. The van der Waals surface area contributed by atoms with Crippen molar-refractivity contribution >= 4 is 11.6 Å². The van der Waals surface area contributed by atoms with Crippen molar-refractivity contribution < 1.29 is 13.9 Å². The molecule has 0 N–H and O–H groups in total. The number of hydrogen-bond acceptors (Lipinski definition) is 5. The van der Waals surface area contributed by atoms with Crippen molar-refractivity contribution in [3.63, 3.8) is 0 Å². The molecule has 32 heavy (non-hydrogen) atoms. The van der Waals surface area contributed by atoms with E-state index in [1.807, 2.05) is 17.0 Å². The first-order valence-electron chi connectivity index (χ1n) is 10.6. The number of piperidine rings is 1. The van der Waals surface area contributed by atoms with Gasteiger partial charge >= 0.3 is 0 Å². The maximum Gasteiger partial charge on any atom is 0.272 e. The minimum atomic E-state index is -0.300. The zero-order chi connectivity index (χ0) is 22.1. The van der Waals surface area contributed by atoms with Crippen LogP contribution in [0.15, 0.2) is 54.9 Å². The fourth-order valence-electron chi connectivity index (χ4n) is 3.97. The van der Waals surface area contributed by atoms with Crippen LogP contribution in [-0.2, 0) is 7.05 Å². The SMILES string of the molecule is Cn1nc(-c2ccc(F)cc2)cc1C(=O)N1CCC(COc2ccc3nccn3n2)CC1. The largest absolute Gasteiger partial charge is 0.476 e. The van der Waals surface area contributed by atoms with Gasteiger partial charge in [0.2, 0.25) is 5.88 Å². The molecule has 4 heterocycles. The number of carbonyl (C=O) groups excluding carboxylic acids is 1. The molecule has 1 aromatic carbocycles. The lowest BCUT2D eigenvalue weighted by atomic mass is 9.97. The van der Waals surface area contributed by atoms with Crippen LogP contribution in [0.3, 0.4) is 0 Å². The Morgan fingerprint density at radius 3 is 2.69 bits per heavy atom. The van der Waals surface area contributed by atoms with Crippen LogP contribution < -0.4 is 4.74 Å². The molecular weight excluding hydrogens is 411 g/mol. The molecule has 8 nitrogen and oxygen atoms in total. The number of fused-ring (bicyclic) bond motifs is 1. The van der Waals surface area contributed by atoms with Crippen LogP contribution in [-0.4, -0.2) is 54.9 Å². The summed E-state index contributed by atoms with van der Waals surface area (Å²) in [5.41, 5.74) is 2.74. The van der Waals surface area contributed by atoms with Crippen LogP contribution in [0.2, 0.25) is 0 Å². The summed E-state index contributed by atoms with van der Waals surface area (Å²) in [6, 6.07) is 11.6. The zero-order valence-electron chi connectivity index (χ0n) is 17.7. The second-order valence-electron chi connectivity index (χ2n) is 7.99. The lowest BCUT2D eigenvalue weighted by molar-refractivity contribution is 0.0648. The van der Waals surface area contributed by atoms with E-state index in [2.05, 4.69) is 15.2 Å². The monoisotopic (exact) mass is 434 g/mol. The fraction of sp³-hybridized carbons (Fsp3) is 0.304. The summed E-state index contributed by atoms with van der Waals surface area (Å²) in [7, 11) is 1.75. The van der Waals surface area contributed by atoms with Crippen LogP contribution in [0.25, 0.3) is 16.9 Å². The molecule has 1 saturated heterocycles. The summed E-state index contributed by atoms with van der Waals surface area (Å²) in [6.45, 7) is 1.89. The number of benzene rings is 1. The summed E-state index contributed by atoms with van der Waals surface area (Å²) in [4.78, 5) is 19.1. The number of likely N-dealkylation sites (tertiary alicyclic amines) is 1. The number of halogens is 1. The molecule has 0 unspecified atom stereocenters. The minimum Gasteiger partial charge on any atom is -0.476 e. The molecular formula is C23H23FN6O2. The first kappa shape index (κ1) is 20.2. The van der Waals surface area contributed by atoms with Crippen molar-refractivity contribution in [2.45, 2.75) is 12.8 Å². The number of ether oxygens (including phenoxy) is 1. The summed E-state index contributed by atoms with van der Waals surface area (Å²) >= 11 is 0. The molecule has 1 fully saturated rings. The highest BCUT2D eigenvalue weighted by Gasteiger charge is 2.26. The molecule has 0 bridgehead atoms. The predicted octanol–water partition coefficient (Wildman–Crippen LogP) is 3.20. The van der Waals surface area contributed by atoms with Gasteiger partial charge in [-0.1, -0.05) is 0 Å². The van der Waals surface area contributed by atoms with Crippen molar-refractivity contribution in [3.05, 3.63) is 66.4 Å². The Morgan fingerprint density at radius 2 is 1.91 bits per heavy atom. The lowest BCUT2D eigenvalue weighted by Gasteiger charge is -2.31. The van der Waals surface area contributed by atoms with Gasteiger partial charge in [0.05, 0.1) is 12.3 Å². The van der Waals surface area contributed by atoms with Crippen LogP contribution in [0, 0.1) is 11.7 Å². The Labute approximate surface area is 184 Å². The molecule has 1 amide bonds. The second kappa shape index (κ2) is 8.41. The first-order chi connectivity index (χ1) is 15.6. The van der Waals surface area contributed by atoms with Gasteiger partial charge in [-0.3, -0.25) is 9.48 Å². The minimum absolute atomic E-state index is 0.0417. The van der Waals surface area contributed by atoms with Crippen molar-refractivity contribution in [2.75, 3.05) is 19.7 Å². The predicted molar refractivity (Wildman–Crippen MR) is 116 cm³/mol. The summed E-state index contributed by atoms with van der Waals surface area (Å²) in [5.74, 6) is 0.587. The van der Waals surface area contributed by atoms with Gasteiger partial charge < -0.3 is 9.64 Å². The molecule has 5 rings (SSSR count). The van der Waals surface area contributed by atoms with Gasteiger partial charge in [-0.25, -0.2) is 13.9 Å². The van der Waals surface area contributed by atoms with Gasteiger partial charge in [0.15, 0.2) is 5.65 Å². The van der Waals surface area contributed by atoms with E-state index in [9.17, 15) is 9.18 Å². The molecule has 0 atom stereocenters. The molecule has 0 saturated carbocycles. The quantitative estimate of drug-likeness (QED) is 0.482. The standard InChI is InChI=1S/C23H23FN6O2/c1-28-20(14-19(26-28)17-2-4-18(24)5-3-17)23(31)29-11-8-16(9-12-29)15-32-22-7-6-21-25-10-13-30(21)27-22/h2-7,10,13-14,16H,8-9,11-12,15H2,1H3. The smallest absolute Gasteiger partial charge is 0.272 e. The highest BCUT2D eigenvalue weighted by molar-refractivity contribution is 5.93. The Kier molecular flexibility index (Phi) is 5.30. The third-order valence-corrected chi connectivity index (χ3v) is 5.84. The van der Waals surface area contributed by atoms with Gasteiger partial charge in [0.1, 0.15) is 11.5 Å². The summed E-state index contributed by atoms with van der Waals surface area (Å²) in [6.07, 6.45) is 5.21. The Morgan fingerprint density at radius 1 is 1.12 bits per heavy atom.